The lowest BCUT2D eigenvalue weighted by Gasteiger charge is -2.15. The fourth-order valence-corrected chi connectivity index (χ4v) is 4.13. The Balaban J connectivity index is 2.04. The van der Waals surface area contributed by atoms with Crippen LogP contribution >= 0.6 is 11.3 Å². The highest BCUT2D eigenvalue weighted by Gasteiger charge is 2.26. The van der Waals surface area contributed by atoms with Crippen LogP contribution in [-0.2, 0) is 12.8 Å². The number of nitrogens with zero attached hydrogens (tertiary/aromatic N) is 1. The minimum Gasteiger partial charge on any atom is -0.394 e. The van der Waals surface area contributed by atoms with E-state index in [1.807, 2.05) is 36.0 Å². The highest BCUT2D eigenvalue weighted by Crippen LogP contribution is 2.36. The van der Waals surface area contributed by atoms with Crippen molar-refractivity contribution >= 4 is 17.2 Å². The molecular weight excluding hydrogens is 284 g/mol. The fraction of sp³-hybridized carbons (Fsp3) is 0.438. The van der Waals surface area contributed by atoms with Crippen molar-refractivity contribution in [3.05, 3.63) is 40.5 Å². The Hall–Kier alpha value is -1.59. The zero-order valence-corrected chi connectivity index (χ0v) is 12.9. The van der Waals surface area contributed by atoms with Crippen LogP contribution in [0.5, 0.6) is 0 Å². The van der Waals surface area contributed by atoms with Crippen molar-refractivity contribution in [3.63, 3.8) is 0 Å². The van der Waals surface area contributed by atoms with E-state index in [0.29, 0.717) is 0 Å². The molecule has 4 nitrogen and oxygen atoms in total. The summed E-state index contributed by atoms with van der Waals surface area (Å²) in [5, 5.41) is 13.0. The number of amides is 1. The van der Waals surface area contributed by atoms with Gasteiger partial charge in [0.15, 0.2) is 0 Å². The van der Waals surface area contributed by atoms with Crippen molar-refractivity contribution in [3.8, 4) is 5.00 Å². The first-order valence-electron chi connectivity index (χ1n) is 7.40. The van der Waals surface area contributed by atoms with E-state index in [2.05, 4.69) is 5.32 Å². The molecule has 0 aliphatic heterocycles. The minimum absolute atomic E-state index is 0.0447. The second-order valence-electron chi connectivity index (χ2n) is 5.54. The summed E-state index contributed by atoms with van der Waals surface area (Å²) in [6.45, 7) is 1.77. The van der Waals surface area contributed by atoms with Gasteiger partial charge >= 0.3 is 0 Å². The van der Waals surface area contributed by atoms with Crippen LogP contribution in [0.3, 0.4) is 0 Å². The number of thiophene rings is 1. The SMILES string of the molecule is CC(CO)NC(=O)c1c(-n2cccc2)sc2c1CCCC2. The number of carbonyl (C=O) groups is 1. The average molecular weight is 304 g/mol. The van der Waals surface area contributed by atoms with Crippen LogP contribution < -0.4 is 5.32 Å². The Bertz CT molecular complexity index is 631. The Morgan fingerprint density at radius 3 is 2.81 bits per heavy atom. The van der Waals surface area contributed by atoms with Gasteiger partial charge in [0, 0.05) is 23.3 Å². The normalized spacial score (nSPS) is 15.5. The first kappa shape index (κ1) is 14.4. The number of aromatic nitrogens is 1. The molecule has 0 saturated carbocycles. The minimum atomic E-state index is -0.228. The third-order valence-electron chi connectivity index (χ3n) is 3.87. The maximum Gasteiger partial charge on any atom is 0.254 e. The molecule has 2 heterocycles. The van der Waals surface area contributed by atoms with Gasteiger partial charge < -0.3 is 15.0 Å². The lowest BCUT2D eigenvalue weighted by Crippen LogP contribution is -2.35. The largest absolute Gasteiger partial charge is 0.394 e. The Labute approximate surface area is 128 Å². The third-order valence-corrected chi connectivity index (χ3v) is 5.18. The van der Waals surface area contributed by atoms with Crippen LogP contribution in [0.4, 0.5) is 0 Å². The molecule has 1 aliphatic carbocycles. The predicted octanol–water partition coefficient (Wildman–Crippen LogP) is 2.53. The molecule has 1 amide bonds. The zero-order valence-electron chi connectivity index (χ0n) is 12.1. The van der Waals surface area contributed by atoms with Crippen LogP contribution in [0.2, 0.25) is 0 Å². The van der Waals surface area contributed by atoms with E-state index in [0.717, 1.165) is 29.8 Å². The van der Waals surface area contributed by atoms with E-state index in [9.17, 15) is 4.79 Å². The first-order chi connectivity index (χ1) is 10.2. The lowest BCUT2D eigenvalue weighted by molar-refractivity contribution is 0.0921. The number of hydrogen-bond acceptors (Lipinski definition) is 3. The molecule has 0 bridgehead atoms. The number of aliphatic hydroxyl groups excluding tert-OH is 1. The molecule has 21 heavy (non-hydrogen) atoms. The number of aliphatic hydroxyl groups is 1. The van der Waals surface area contributed by atoms with Crippen molar-refractivity contribution in [2.45, 2.75) is 38.6 Å². The predicted molar refractivity (Wildman–Crippen MR) is 84.3 cm³/mol. The Kier molecular flexibility index (Phi) is 4.12. The molecule has 0 fully saturated rings. The van der Waals surface area contributed by atoms with Gasteiger partial charge in [-0.2, -0.15) is 0 Å². The quantitative estimate of drug-likeness (QED) is 0.912. The van der Waals surface area contributed by atoms with E-state index < -0.39 is 0 Å². The summed E-state index contributed by atoms with van der Waals surface area (Å²) in [5.74, 6) is -0.0698. The molecule has 1 atom stereocenters. The zero-order chi connectivity index (χ0) is 14.8. The van der Waals surface area contributed by atoms with Crippen LogP contribution in [0.1, 0.15) is 40.6 Å². The second kappa shape index (κ2) is 6.03. The van der Waals surface area contributed by atoms with Gasteiger partial charge in [0.2, 0.25) is 0 Å². The number of nitrogens with one attached hydrogen (secondary N) is 1. The van der Waals surface area contributed by atoms with Crippen molar-refractivity contribution in [1.82, 2.24) is 9.88 Å². The Morgan fingerprint density at radius 1 is 1.38 bits per heavy atom. The van der Waals surface area contributed by atoms with E-state index in [1.54, 1.807) is 11.3 Å². The lowest BCUT2D eigenvalue weighted by atomic mass is 9.95. The molecule has 2 aromatic heterocycles. The summed E-state index contributed by atoms with van der Waals surface area (Å²) >= 11 is 1.72. The van der Waals surface area contributed by atoms with E-state index in [1.165, 1.54) is 16.9 Å². The molecule has 1 aliphatic rings. The highest BCUT2D eigenvalue weighted by molar-refractivity contribution is 7.15. The summed E-state index contributed by atoms with van der Waals surface area (Å²) in [7, 11) is 0. The summed E-state index contributed by atoms with van der Waals surface area (Å²) in [4.78, 5) is 14.0. The van der Waals surface area contributed by atoms with Crippen molar-refractivity contribution in [1.29, 1.82) is 0 Å². The number of fused-ring (bicyclic) bond motifs is 1. The topological polar surface area (TPSA) is 54.3 Å². The first-order valence-corrected chi connectivity index (χ1v) is 8.22. The smallest absolute Gasteiger partial charge is 0.254 e. The molecule has 1 unspecified atom stereocenters. The van der Waals surface area contributed by atoms with Gasteiger partial charge in [-0.15, -0.1) is 11.3 Å². The van der Waals surface area contributed by atoms with Gasteiger partial charge in [-0.05, 0) is 50.3 Å². The number of carbonyl (C=O) groups excluding carboxylic acids is 1. The maximum absolute atomic E-state index is 12.6. The molecule has 5 heteroatoms. The van der Waals surface area contributed by atoms with Gasteiger partial charge in [-0.3, -0.25) is 4.79 Å². The standard InChI is InChI=1S/C16H20N2O2S/c1-11(10-19)17-15(20)14-12-6-2-3-7-13(12)21-16(14)18-8-4-5-9-18/h4-5,8-9,11,19H,2-3,6-7,10H2,1H3,(H,17,20). The monoisotopic (exact) mass is 304 g/mol. The van der Waals surface area contributed by atoms with E-state index >= 15 is 0 Å². The number of rotatable bonds is 4. The molecule has 2 aromatic rings. The Morgan fingerprint density at radius 2 is 2.10 bits per heavy atom. The molecule has 112 valence electrons. The van der Waals surface area contributed by atoms with E-state index in [4.69, 9.17) is 5.11 Å². The van der Waals surface area contributed by atoms with Crippen molar-refractivity contribution < 1.29 is 9.90 Å². The van der Waals surface area contributed by atoms with Crippen LogP contribution in [0.25, 0.3) is 5.00 Å². The molecule has 2 N–H and O–H groups in total. The number of hydrogen-bond donors (Lipinski definition) is 2. The third kappa shape index (κ3) is 2.76. The fourth-order valence-electron chi connectivity index (χ4n) is 2.78. The summed E-state index contributed by atoms with van der Waals surface area (Å²) < 4.78 is 2.02. The second-order valence-corrected chi connectivity index (χ2v) is 6.62. The molecule has 0 saturated heterocycles. The van der Waals surface area contributed by atoms with Gasteiger partial charge in [0.05, 0.1) is 12.2 Å². The van der Waals surface area contributed by atoms with Crippen molar-refractivity contribution in [2.24, 2.45) is 0 Å². The summed E-state index contributed by atoms with van der Waals surface area (Å²) in [5.41, 5.74) is 2.00. The summed E-state index contributed by atoms with van der Waals surface area (Å²) in [6, 6.07) is 3.71. The summed E-state index contributed by atoms with van der Waals surface area (Å²) in [6.07, 6.45) is 8.34. The van der Waals surface area contributed by atoms with Gasteiger partial charge in [0.25, 0.3) is 5.91 Å². The average Bonchev–Trinajstić information content (AvgIpc) is 3.13. The van der Waals surface area contributed by atoms with Gasteiger partial charge in [-0.1, -0.05) is 0 Å². The maximum atomic E-state index is 12.6. The van der Waals surface area contributed by atoms with Gasteiger partial charge in [0.1, 0.15) is 5.00 Å². The van der Waals surface area contributed by atoms with Crippen molar-refractivity contribution in [2.75, 3.05) is 6.61 Å². The highest BCUT2D eigenvalue weighted by atomic mass is 32.1. The van der Waals surface area contributed by atoms with Crippen LogP contribution in [0.15, 0.2) is 24.5 Å². The van der Waals surface area contributed by atoms with Gasteiger partial charge in [-0.25, -0.2) is 0 Å². The molecule has 0 radical (unpaired) electrons. The molecule has 0 spiro atoms. The molecular formula is C16H20N2O2S. The van der Waals surface area contributed by atoms with Crippen LogP contribution in [-0.4, -0.2) is 28.2 Å². The molecule has 3 rings (SSSR count). The van der Waals surface area contributed by atoms with Crippen LogP contribution in [0, 0.1) is 0 Å². The van der Waals surface area contributed by atoms with E-state index in [-0.39, 0.29) is 18.6 Å². The number of aryl methyl sites for hydroxylation is 1. The molecule has 0 aromatic carbocycles.